The van der Waals surface area contributed by atoms with E-state index in [-0.39, 0.29) is 16.6 Å². The van der Waals surface area contributed by atoms with E-state index in [1.165, 1.54) is 11.8 Å². The second-order valence-electron chi connectivity index (χ2n) is 7.03. The van der Waals surface area contributed by atoms with Crippen molar-refractivity contribution in [3.8, 4) is 5.69 Å². The number of nitrogens with one attached hydrogen (secondary N) is 2. The van der Waals surface area contributed by atoms with Crippen molar-refractivity contribution >= 4 is 40.3 Å². The zero-order valence-corrected chi connectivity index (χ0v) is 19.5. The van der Waals surface area contributed by atoms with E-state index in [9.17, 15) is 4.79 Å². The minimum absolute atomic E-state index is 0.0773. The molecule has 1 aromatic carbocycles. The van der Waals surface area contributed by atoms with Crippen molar-refractivity contribution in [3.05, 3.63) is 40.0 Å². The Balaban J connectivity index is 2.22. The van der Waals surface area contributed by atoms with Crippen LogP contribution in [0.2, 0.25) is 5.02 Å². The van der Waals surface area contributed by atoms with E-state index in [1.54, 1.807) is 4.57 Å². The summed E-state index contributed by atoms with van der Waals surface area (Å²) in [7, 11) is 0. The third-order valence-corrected chi connectivity index (χ3v) is 6.94. The normalized spacial score (nSPS) is 12.3. The fraction of sp³-hybridized carbons (Fsp3) is 0.429. The van der Waals surface area contributed by atoms with Crippen LogP contribution in [-0.4, -0.2) is 48.9 Å². The van der Waals surface area contributed by atoms with Crippen LogP contribution in [0.1, 0.15) is 38.4 Å². The lowest BCUT2D eigenvalue weighted by Crippen LogP contribution is -2.37. The molecule has 1 amide bonds. The second kappa shape index (κ2) is 9.22. The number of H-pyrrole nitrogens is 1. The summed E-state index contributed by atoms with van der Waals surface area (Å²) in [6.07, 6.45) is 0.654. The van der Waals surface area contributed by atoms with Gasteiger partial charge in [0.15, 0.2) is 10.8 Å². The van der Waals surface area contributed by atoms with Crippen LogP contribution < -0.4 is 5.49 Å². The van der Waals surface area contributed by atoms with E-state index in [1.807, 2.05) is 57.7 Å². The summed E-state index contributed by atoms with van der Waals surface area (Å²) < 4.78 is 1.77. The Morgan fingerprint density at radius 1 is 1.30 bits per heavy atom. The predicted molar refractivity (Wildman–Crippen MR) is 121 cm³/mol. The predicted octanol–water partition coefficient (Wildman–Crippen LogP) is 4.24. The van der Waals surface area contributed by atoms with Crippen LogP contribution in [0.3, 0.4) is 0 Å². The summed E-state index contributed by atoms with van der Waals surface area (Å²) in [6.45, 7) is 11.1. The Bertz CT molecular complexity index is 1130. The van der Waals surface area contributed by atoms with Gasteiger partial charge in [0.05, 0.1) is 16.3 Å². The highest BCUT2D eigenvalue weighted by Crippen LogP contribution is 2.30. The number of carbonyl (C=O) groups is 1. The molecular weight excluding hydrogens is 420 g/mol. The molecule has 0 spiro atoms. The summed E-state index contributed by atoms with van der Waals surface area (Å²) in [6, 6.07) is 5.60. The Hall–Kier alpha value is -2.32. The van der Waals surface area contributed by atoms with Gasteiger partial charge in [-0.3, -0.25) is 19.9 Å². The third kappa shape index (κ3) is 3.98. The molecule has 30 heavy (non-hydrogen) atoms. The molecule has 9 heteroatoms. The highest BCUT2D eigenvalue weighted by atomic mass is 35.5. The summed E-state index contributed by atoms with van der Waals surface area (Å²) >= 11 is 7.75. The van der Waals surface area contributed by atoms with E-state index in [4.69, 9.17) is 22.0 Å². The molecule has 2 N–H and O–H groups in total. The van der Waals surface area contributed by atoms with Gasteiger partial charge in [-0.2, -0.15) is 5.10 Å². The highest BCUT2D eigenvalue weighted by molar-refractivity contribution is 8.00. The molecule has 0 radical (unpaired) electrons. The molecule has 1 atom stereocenters. The molecule has 0 aliphatic rings. The van der Waals surface area contributed by atoms with Gasteiger partial charge < -0.3 is 4.90 Å². The maximum absolute atomic E-state index is 13.0. The monoisotopic (exact) mass is 446 g/mol. The van der Waals surface area contributed by atoms with Crippen LogP contribution in [0, 0.1) is 19.3 Å². The van der Waals surface area contributed by atoms with Gasteiger partial charge in [0, 0.05) is 23.8 Å². The maximum atomic E-state index is 13.0. The van der Waals surface area contributed by atoms with Crippen LogP contribution in [0.25, 0.3) is 16.7 Å². The van der Waals surface area contributed by atoms with Gasteiger partial charge in [0.1, 0.15) is 5.49 Å². The number of halogens is 1. The largest absolute Gasteiger partial charge is 0.342 e. The van der Waals surface area contributed by atoms with Crippen molar-refractivity contribution in [2.24, 2.45) is 0 Å². The number of amides is 1. The fourth-order valence-electron chi connectivity index (χ4n) is 3.44. The van der Waals surface area contributed by atoms with Gasteiger partial charge in [-0.15, -0.1) is 0 Å². The molecule has 0 aliphatic heterocycles. The average molecular weight is 447 g/mol. The summed E-state index contributed by atoms with van der Waals surface area (Å²) in [5.74, 6) is 0.0773. The first kappa shape index (κ1) is 22.4. The number of fused-ring (bicyclic) bond motifs is 1. The standard InChI is InChI=1S/C21H27ClN6OS/c1-6-16(20(29)27(7-2)8-3)30-21-24-19-17(13(5)25-26-19)18(23)28(21)15-11-9-10-14(22)12(15)4/h9-11,16,23H,6-8H2,1-5H3,(H,25,26). The summed E-state index contributed by atoms with van der Waals surface area (Å²) in [5.41, 5.74) is 3.14. The van der Waals surface area contributed by atoms with Crippen molar-refractivity contribution in [2.75, 3.05) is 13.1 Å². The number of hydrogen-bond donors (Lipinski definition) is 2. The zero-order chi connectivity index (χ0) is 22.0. The maximum Gasteiger partial charge on any atom is 0.236 e. The molecule has 0 aliphatic carbocycles. The Kier molecular flexibility index (Phi) is 6.88. The van der Waals surface area contributed by atoms with Gasteiger partial charge in [-0.1, -0.05) is 36.4 Å². The first-order chi connectivity index (χ1) is 14.3. The van der Waals surface area contributed by atoms with Gasteiger partial charge in [0.2, 0.25) is 5.91 Å². The fourth-order valence-corrected chi connectivity index (χ4v) is 4.72. The molecule has 0 bridgehead atoms. The summed E-state index contributed by atoms with van der Waals surface area (Å²) in [4.78, 5) is 19.6. The van der Waals surface area contributed by atoms with Gasteiger partial charge in [-0.05, 0) is 51.8 Å². The lowest BCUT2D eigenvalue weighted by molar-refractivity contribution is -0.130. The van der Waals surface area contributed by atoms with Crippen molar-refractivity contribution < 1.29 is 4.79 Å². The molecular formula is C21H27ClN6OS. The number of aryl methyl sites for hydroxylation is 1. The zero-order valence-electron chi connectivity index (χ0n) is 17.9. The van der Waals surface area contributed by atoms with E-state index in [2.05, 4.69) is 10.2 Å². The van der Waals surface area contributed by atoms with Gasteiger partial charge in [0.25, 0.3) is 0 Å². The van der Waals surface area contributed by atoms with Crippen LogP contribution in [0.4, 0.5) is 0 Å². The van der Waals surface area contributed by atoms with E-state index in [0.717, 1.165) is 16.9 Å². The van der Waals surface area contributed by atoms with Crippen LogP contribution in [0.15, 0.2) is 23.4 Å². The van der Waals surface area contributed by atoms with Crippen molar-refractivity contribution in [2.45, 2.75) is 51.4 Å². The van der Waals surface area contributed by atoms with Gasteiger partial charge in [-0.25, -0.2) is 4.98 Å². The number of nitrogens with zero attached hydrogens (tertiary/aromatic N) is 4. The van der Waals surface area contributed by atoms with E-state index < -0.39 is 0 Å². The van der Waals surface area contributed by atoms with Crippen molar-refractivity contribution in [1.82, 2.24) is 24.6 Å². The molecule has 0 saturated heterocycles. The lowest BCUT2D eigenvalue weighted by atomic mass is 10.2. The van der Waals surface area contributed by atoms with Gasteiger partial charge >= 0.3 is 0 Å². The molecule has 2 aromatic heterocycles. The molecule has 160 valence electrons. The average Bonchev–Trinajstić information content (AvgIpc) is 3.10. The number of carbonyl (C=O) groups excluding carboxylic acids is 1. The van der Waals surface area contributed by atoms with E-state index >= 15 is 0 Å². The smallest absolute Gasteiger partial charge is 0.236 e. The van der Waals surface area contributed by atoms with Crippen molar-refractivity contribution in [1.29, 1.82) is 5.41 Å². The quantitative estimate of drug-likeness (QED) is 0.419. The van der Waals surface area contributed by atoms with E-state index in [0.29, 0.717) is 40.7 Å². The minimum Gasteiger partial charge on any atom is -0.342 e. The molecule has 0 saturated carbocycles. The first-order valence-corrected chi connectivity index (χ1v) is 11.3. The van der Waals surface area contributed by atoms with Crippen LogP contribution in [0.5, 0.6) is 0 Å². The highest BCUT2D eigenvalue weighted by Gasteiger charge is 2.26. The SMILES string of the molecule is CCC(Sc1nc2n[nH]c(C)c2c(=N)n1-c1cccc(Cl)c1C)C(=O)N(CC)CC. The number of hydrogen-bond acceptors (Lipinski definition) is 5. The molecule has 1 unspecified atom stereocenters. The second-order valence-corrected chi connectivity index (χ2v) is 8.61. The summed E-state index contributed by atoms with van der Waals surface area (Å²) in [5, 5.41) is 17.6. The number of aromatic nitrogens is 4. The Morgan fingerprint density at radius 3 is 2.63 bits per heavy atom. The van der Waals surface area contributed by atoms with Crippen molar-refractivity contribution in [3.63, 3.8) is 0 Å². The molecule has 0 fully saturated rings. The molecule has 3 rings (SSSR count). The first-order valence-electron chi connectivity index (χ1n) is 10.1. The molecule has 7 nitrogen and oxygen atoms in total. The topological polar surface area (TPSA) is 90.7 Å². The Morgan fingerprint density at radius 2 is 2.00 bits per heavy atom. The third-order valence-electron chi connectivity index (χ3n) is 5.23. The number of benzene rings is 1. The Labute approximate surface area is 185 Å². The number of rotatable bonds is 7. The van der Waals surface area contributed by atoms with Crippen LogP contribution >= 0.6 is 23.4 Å². The number of thioether (sulfide) groups is 1. The molecule has 2 heterocycles. The number of aromatic amines is 1. The molecule has 3 aromatic rings. The lowest BCUT2D eigenvalue weighted by Gasteiger charge is -2.25. The minimum atomic E-state index is -0.306. The van der Waals surface area contributed by atoms with Crippen LogP contribution in [-0.2, 0) is 4.79 Å².